The Bertz CT molecular complexity index is 1120. The van der Waals surface area contributed by atoms with E-state index >= 15 is 0 Å². The molecule has 2 aromatic heterocycles. The molecule has 0 spiro atoms. The maximum Gasteiger partial charge on any atom is 0.271 e. The largest absolute Gasteiger partial charge is 0.463 e. The number of rotatable bonds is 8. The van der Waals surface area contributed by atoms with Gasteiger partial charge in [0.1, 0.15) is 17.0 Å². The van der Waals surface area contributed by atoms with Crippen molar-refractivity contribution >= 4 is 23.4 Å². The van der Waals surface area contributed by atoms with Gasteiger partial charge in [-0.15, -0.1) is 0 Å². The van der Waals surface area contributed by atoms with Gasteiger partial charge in [-0.25, -0.2) is 0 Å². The van der Waals surface area contributed by atoms with Gasteiger partial charge < -0.3 is 19.2 Å². The minimum atomic E-state index is -1.03. The van der Waals surface area contributed by atoms with Crippen molar-refractivity contribution in [1.82, 2.24) is 14.8 Å². The van der Waals surface area contributed by atoms with E-state index in [0.29, 0.717) is 48.4 Å². The second kappa shape index (κ2) is 9.48. The monoisotopic (exact) mass is 467 g/mol. The molecule has 2 amide bonds. The quantitative estimate of drug-likeness (QED) is 0.505. The fraction of sp³-hybridized carbons (Fsp3) is 0.385. The number of hydrogen-bond donors (Lipinski definition) is 1. The highest BCUT2D eigenvalue weighted by Gasteiger charge is 2.47. The molecule has 1 aromatic carbocycles. The highest BCUT2D eigenvalue weighted by Crippen LogP contribution is 2.33. The zero-order valence-corrected chi connectivity index (χ0v) is 20.1. The van der Waals surface area contributed by atoms with Crippen LogP contribution in [0.25, 0.3) is 11.5 Å². The van der Waals surface area contributed by atoms with Crippen LogP contribution < -0.4 is 5.32 Å². The number of hydrogen-bond acceptors (Lipinski definition) is 3. The van der Waals surface area contributed by atoms with Crippen molar-refractivity contribution < 1.29 is 14.0 Å². The number of amides is 2. The summed E-state index contributed by atoms with van der Waals surface area (Å²) in [5.74, 6) is 0.854. The maximum atomic E-state index is 13.7. The number of carbonyl (C=O) groups is 2. The minimum Gasteiger partial charge on any atom is -0.463 e. The molecule has 6 nitrogen and oxygen atoms in total. The van der Waals surface area contributed by atoms with E-state index in [-0.39, 0.29) is 11.8 Å². The third kappa shape index (κ3) is 4.71. The summed E-state index contributed by atoms with van der Waals surface area (Å²) < 4.78 is 7.49. The van der Waals surface area contributed by atoms with E-state index in [0.717, 1.165) is 17.7 Å². The van der Waals surface area contributed by atoms with Gasteiger partial charge in [0.25, 0.3) is 5.91 Å². The zero-order chi connectivity index (χ0) is 23.6. The van der Waals surface area contributed by atoms with E-state index in [2.05, 4.69) is 19.2 Å². The molecule has 3 heterocycles. The van der Waals surface area contributed by atoms with Crippen LogP contribution in [0.4, 0.5) is 0 Å². The van der Waals surface area contributed by atoms with Crippen LogP contribution in [-0.4, -0.2) is 39.9 Å². The summed E-state index contributed by atoms with van der Waals surface area (Å²) in [6.45, 7) is 7.46. The lowest BCUT2D eigenvalue weighted by atomic mass is 9.93. The van der Waals surface area contributed by atoms with Crippen LogP contribution in [0.5, 0.6) is 0 Å². The Balaban J connectivity index is 1.65. The summed E-state index contributed by atoms with van der Waals surface area (Å²) in [7, 11) is 0. The lowest BCUT2D eigenvalue weighted by Gasteiger charge is -2.44. The van der Waals surface area contributed by atoms with Gasteiger partial charge in [0.05, 0.1) is 18.5 Å². The lowest BCUT2D eigenvalue weighted by Crippen LogP contribution is -2.64. The van der Waals surface area contributed by atoms with Crippen LogP contribution in [0.2, 0.25) is 5.02 Å². The molecule has 0 fully saturated rings. The molecule has 0 radical (unpaired) electrons. The Morgan fingerprint density at radius 2 is 1.88 bits per heavy atom. The summed E-state index contributed by atoms with van der Waals surface area (Å²) in [6.07, 6.45) is 3.12. The molecule has 174 valence electrons. The summed E-state index contributed by atoms with van der Waals surface area (Å²) in [5, 5.41) is 3.74. The Hall–Kier alpha value is -2.99. The average Bonchev–Trinajstić information content (AvgIpc) is 3.44. The van der Waals surface area contributed by atoms with E-state index in [1.54, 1.807) is 11.2 Å². The van der Waals surface area contributed by atoms with Crippen molar-refractivity contribution in [3.63, 3.8) is 0 Å². The van der Waals surface area contributed by atoms with Gasteiger partial charge in [-0.3, -0.25) is 9.59 Å². The highest BCUT2D eigenvalue weighted by molar-refractivity contribution is 6.30. The lowest BCUT2D eigenvalue weighted by molar-refractivity contribution is -0.132. The number of furan rings is 1. The van der Waals surface area contributed by atoms with Gasteiger partial charge >= 0.3 is 0 Å². The first-order valence-electron chi connectivity index (χ1n) is 11.4. The van der Waals surface area contributed by atoms with Crippen molar-refractivity contribution in [3.05, 3.63) is 71.1 Å². The first-order valence-corrected chi connectivity index (χ1v) is 11.8. The van der Waals surface area contributed by atoms with Crippen molar-refractivity contribution in [2.24, 2.45) is 5.92 Å². The smallest absolute Gasteiger partial charge is 0.271 e. The first-order chi connectivity index (χ1) is 15.8. The van der Waals surface area contributed by atoms with Crippen LogP contribution in [-0.2, 0) is 17.8 Å². The van der Waals surface area contributed by atoms with Gasteiger partial charge in [-0.2, -0.15) is 0 Å². The van der Waals surface area contributed by atoms with Gasteiger partial charge in [-0.1, -0.05) is 37.6 Å². The predicted molar refractivity (Wildman–Crippen MR) is 129 cm³/mol. The first kappa shape index (κ1) is 23.2. The number of carbonyl (C=O) groups excluding carboxylic acids is 2. The van der Waals surface area contributed by atoms with Crippen LogP contribution in [0.3, 0.4) is 0 Å². The van der Waals surface area contributed by atoms with Gasteiger partial charge in [0.15, 0.2) is 0 Å². The van der Waals surface area contributed by atoms with Crippen molar-refractivity contribution in [3.8, 4) is 11.5 Å². The second-order valence-corrected chi connectivity index (χ2v) is 9.65. The number of benzene rings is 1. The summed E-state index contributed by atoms with van der Waals surface area (Å²) >= 11 is 6.01. The van der Waals surface area contributed by atoms with E-state index in [1.165, 1.54) is 0 Å². The Morgan fingerprint density at radius 3 is 2.55 bits per heavy atom. The van der Waals surface area contributed by atoms with E-state index in [9.17, 15) is 9.59 Å². The molecule has 0 saturated carbocycles. The Kier molecular flexibility index (Phi) is 6.66. The molecule has 0 aliphatic carbocycles. The number of nitrogens with one attached hydrogen (secondary N) is 1. The SMILES string of the molecule is CC(C)CCNC(=O)[C@]1(C)Cn2c(ccc2-c2ccco2)C(=O)N1CCc1ccc(Cl)cc1. The maximum absolute atomic E-state index is 13.7. The molecule has 4 rings (SSSR count). The molecular weight excluding hydrogens is 438 g/mol. The number of fused-ring (bicyclic) bond motifs is 1. The Morgan fingerprint density at radius 1 is 1.15 bits per heavy atom. The molecule has 1 aliphatic rings. The van der Waals surface area contributed by atoms with E-state index in [4.69, 9.17) is 16.0 Å². The molecule has 0 unspecified atom stereocenters. The van der Waals surface area contributed by atoms with E-state index in [1.807, 2.05) is 60.0 Å². The van der Waals surface area contributed by atoms with Crippen molar-refractivity contribution in [1.29, 1.82) is 0 Å². The van der Waals surface area contributed by atoms with Crippen LogP contribution >= 0.6 is 11.6 Å². The molecule has 1 atom stereocenters. The summed E-state index contributed by atoms with van der Waals surface area (Å²) in [5.41, 5.74) is 1.38. The molecule has 3 aromatic rings. The van der Waals surface area contributed by atoms with Crippen molar-refractivity contribution in [2.75, 3.05) is 13.1 Å². The topological polar surface area (TPSA) is 67.5 Å². The fourth-order valence-electron chi connectivity index (χ4n) is 4.32. The van der Waals surface area contributed by atoms with E-state index < -0.39 is 5.54 Å². The normalized spacial score (nSPS) is 18.0. The summed E-state index contributed by atoms with van der Waals surface area (Å²) in [6, 6.07) is 15.0. The molecule has 33 heavy (non-hydrogen) atoms. The molecule has 1 N–H and O–H groups in total. The third-order valence-corrected chi connectivity index (χ3v) is 6.57. The van der Waals surface area contributed by atoms with Crippen LogP contribution in [0.15, 0.2) is 59.2 Å². The third-order valence-electron chi connectivity index (χ3n) is 6.31. The molecule has 1 aliphatic heterocycles. The van der Waals surface area contributed by atoms with Gasteiger partial charge in [0, 0.05) is 18.1 Å². The standard InChI is InChI=1S/C26H30ClN3O3/c1-18(2)12-14-28-25(32)26(3)17-29-21(23-5-4-16-33-23)10-11-22(29)24(31)30(26)15-13-19-6-8-20(27)9-7-19/h4-11,16,18H,12-15,17H2,1-3H3,(H,28,32)/t26-/m0/s1. The summed E-state index contributed by atoms with van der Waals surface area (Å²) in [4.78, 5) is 28.8. The van der Waals surface area contributed by atoms with Crippen LogP contribution in [0, 0.1) is 5.92 Å². The zero-order valence-electron chi connectivity index (χ0n) is 19.3. The number of nitrogens with zero attached hydrogens (tertiary/aromatic N) is 2. The molecular formula is C26H30ClN3O3. The van der Waals surface area contributed by atoms with Crippen LogP contribution in [0.1, 0.15) is 43.2 Å². The molecule has 0 bridgehead atoms. The number of aromatic nitrogens is 1. The Labute approximate surface area is 199 Å². The average molecular weight is 468 g/mol. The number of halogens is 1. The van der Waals surface area contributed by atoms with Crippen molar-refractivity contribution in [2.45, 2.75) is 45.7 Å². The highest BCUT2D eigenvalue weighted by atomic mass is 35.5. The molecule has 0 saturated heterocycles. The minimum absolute atomic E-state index is 0.141. The van der Waals surface area contributed by atoms with Gasteiger partial charge in [0.2, 0.25) is 5.91 Å². The van der Waals surface area contributed by atoms with Gasteiger partial charge in [-0.05, 0) is 67.6 Å². The fourth-order valence-corrected chi connectivity index (χ4v) is 4.45. The second-order valence-electron chi connectivity index (χ2n) is 9.21. The molecule has 7 heteroatoms. The predicted octanol–water partition coefficient (Wildman–Crippen LogP) is 5.02.